The predicted molar refractivity (Wildman–Crippen MR) is 93.5 cm³/mol. The van der Waals surface area contributed by atoms with Crippen LogP contribution in [0, 0.1) is 0 Å². The minimum absolute atomic E-state index is 0.123. The molecule has 0 fully saturated rings. The first kappa shape index (κ1) is 18.1. The molecule has 24 heavy (non-hydrogen) atoms. The Morgan fingerprint density at radius 3 is 2.54 bits per heavy atom. The fourth-order valence-electron chi connectivity index (χ4n) is 2.11. The van der Waals surface area contributed by atoms with Crippen LogP contribution in [-0.4, -0.2) is 18.4 Å². The number of ether oxygens (including phenoxy) is 1. The number of halogens is 2. The first-order chi connectivity index (χ1) is 11.4. The lowest BCUT2D eigenvalue weighted by molar-refractivity contribution is -0.123. The summed E-state index contributed by atoms with van der Waals surface area (Å²) in [5.41, 5.74) is 6.27. The van der Waals surface area contributed by atoms with Gasteiger partial charge in [-0.1, -0.05) is 35.3 Å². The molecule has 2 aromatic rings. The van der Waals surface area contributed by atoms with Crippen LogP contribution in [0.4, 0.5) is 0 Å². The van der Waals surface area contributed by atoms with Crippen molar-refractivity contribution in [3.05, 3.63) is 63.6 Å². The van der Waals surface area contributed by atoms with E-state index in [1.54, 1.807) is 18.2 Å². The summed E-state index contributed by atoms with van der Waals surface area (Å²) in [7, 11) is 0. The third-order valence-electron chi connectivity index (χ3n) is 3.29. The lowest BCUT2D eigenvalue weighted by atomic mass is 10.1. The Kier molecular flexibility index (Phi) is 6.06. The number of primary amides is 1. The van der Waals surface area contributed by atoms with Crippen LogP contribution >= 0.6 is 23.2 Å². The van der Waals surface area contributed by atoms with E-state index < -0.39 is 5.91 Å². The second-order valence-electron chi connectivity index (χ2n) is 5.14. The van der Waals surface area contributed by atoms with Crippen LogP contribution in [-0.2, 0) is 4.79 Å². The molecular weight excluding hydrogens is 351 g/mol. The maximum atomic E-state index is 12.0. The van der Waals surface area contributed by atoms with Crippen molar-refractivity contribution in [1.29, 1.82) is 0 Å². The number of rotatable bonds is 6. The van der Waals surface area contributed by atoms with E-state index in [1.807, 2.05) is 19.1 Å². The van der Waals surface area contributed by atoms with Gasteiger partial charge in [-0.15, -0.1) is 0 Å². The highest BCUT2D eigenvalue weighted by molar-refractivity contribution is 6.31. The lowest BCUT2D eigenvalue weighted by Crippen LogP contribution is -2.31. The molecule has 7 heteroatoms. The molecule has 0 aliphatic heterocycles. The van der Waals surface area contributed by atoms with E-state index >= 15 is 0 Å². The number of nitrogens with one attached hydrogen (secondary N) is 1. The zero-order valence-electron chi connectivity index (χ0n) is 12.9. The summed E-state index contributed by atoms with van der Waals surface area (Å²) >= 11 is 11.8. The van der Waals surface area contributed by atoms with Crippen LogP contribution in [0.2, 0.25) is 10.0 Å². The third-order valence-corrected chi connectivity index (χ3v) is 3.76. The molecule has 0 aromatic heterocycles. The Hall–Kier alpha value is -2.24. The molecule has 0 radical (unpaired) electrons. The summed E-state index contributed by atoms with van der Waals surface area (Å²) in [5.74, 6) is -0.814. The fourth-order valence-corrected chi connectivity index (χ4v) is 2.48. The normalized spacial score (nSPS) is 11.6. The van der Waals surface area contributed by atoms with Gasteiger partial charge in [0.1, 0.15) is 5.75 Å². The molecule has 2 amide bonds. The van der Waals surface area contributed by atoms with Gasteiger partial charge in [-0.25, -0.2) is 0 Å². The zero-order valence-corrected chi connectivity index (χ0v) is 14.4. The van der Waals surface area contributed by atoms with Gasteiger partial charge in [0.25, 0.3) is 11.8 Å². The zero-order chi connectivity index (χ0) is 17.7. The van der Waals surface area contributed by atoms with Gasteiger partial charge in [0.15, 0.2) is 6.61 Å². The molecule has 2 rings (SSSR count). The first-order valence-corrected chi connectivity index (χ1v) is 7.89. The molecule has 0 heterocycles. The van der Waals surface area contributed by atoms with Gasteiger partial charge < -0.3 is 15.8 Å². The van der Waals surface area contributed by atoms with Gasteiger partial charge in [0.2, 0.25) is 0 Å². The Labute approximate surface area is 149 Å². The molecule has 3 N–H and O–H groups in total. The van der Waals surface area contributed by atoms with E-state index in [0.717, 1.165) is 5.56 Å². The number of hydrogen-bond donors (Lipinski definition) is 2. The van der Waals surface area contributed by atoms with E-state index in [4.69, 9.17) is 33.7 Å². The summed E-state index contributed by atoms with van der Waals surface area (Å²) in [6.07, 6.45) is 0. The largest absolute Gasteiger partial charge is 0.483 e. The van der Waals surface area contributed by atoms with Crippen LogP contribution < -0.4 is 15.8 Å². The van der Waals surface area contributed by atoms with Crippen molar-refractivity contribution in [2.45, 2.75) is 13.0 Å². The number of nitrogens with two attached hydrogens (primary N) is 1. The Morgan fingerprint density at radius 2 is 1.88 bits per heavy atom. The van der Waals surface area contributed by atoms with Crippen LogP contribution in [0.5, 0.6) is 5.75 Å². The van der Waals surface area contributed by atoms with Crippen molar-refractivity contribution in [3.8, 4) is 5.75 Å². The molecule has 0 saturated heterocycles. The summed E-state index contributed by atoms with van der Waals surface area (Å²) in [6, 6.07) is 11.4. The predicted octanol–water partition coefficient (Wildman–Crippen LogP) is 3.35. The highest BCUT2D eigenvalue weighted by Crippen LogP contribution is 2.22. The topological polar surface area (TPSA) is 81.4 Å². The maximum absolute atomic E-state index is 12.0. The summed E-state index contributed by atoms with van der Waals surface area (Å²) in [5, 5.41) is 3.74. The number of hydrogen-bond acceptors (Lipinski definition) is 3. The standard InChI is InChI=1S/C17H16Cl2N2O3/c1-10(11-3-2-4-12(18)7-11)21-16(22)9-24-15-6-5-13(19)8-14(15)17(20)23/h2-8,10H,9H2,1H3,(H2,20,23)(H,21,22)/t10-/m1/s1. The second kappa shape index (κ2) is 8.04. The van der Waals surface area contributed by atoms with Crippen molar-refractivity contribution < 1.29 is 14.3 Å². The third kappa shape index (κ3) is 4.88. The van der Waals surface area contributed by atoms with Crippen LogP contribution in [0.15, 0.2) is 42.5 Å². The Balaban J connectivity index is 1.97. The molecule has 2 aromatic carbocycles. The van der Waals surface area contributed by atoms with Crippen molar-refractivity contribution in [2.24, 2.45) is 5.73 Å². The quantitative estimate of drug-likeness (QED) is 0.822. The minimum Gasteiger partial charge on any atom is -0.483 e. The number of benzene rings is 2. The van der Waals surface area contributed by atoms with Gasteiger partial charge in [-0.2, -0.15) is 0 Å². The van der Waals surface area contributed by atoms with E-state index in [1.165, 1.54) is 12.1 Å². The highest BCUT2D eigenvalue weighted by atomic mass is 35.5. The SMILES string of the molecule is C[C@@H](NC(=O)COc1ccc(Cl)cc1C(N)=O)c1cccc(Cl)c1. The highest BCUT2D eigenvalue weighted by Gasteiger charge is 2.14. The fraction of sp³-hybridized carbons (Fsp3) is 0.176. The second-order valence-corrected chi connectivity index (χ2v) is 6.01. The molecule has 0 aliphatic rings. The van der Waals surface area contributed by atoms with Gasteiger partial charge in [0.05, 0.1) is 11.6 Å². The number of carbonyl (C=O) groups is 2. The average Bonchev–Trinajstić information content (AvgIpc) is 2.53. The van der Waals surface area contributed by atoms with Crippen molar-refractivity contribution >= 4 is 35.0 Å². The van der Waals surface area contributed by atoms with E-state index in [9.17, 15) is 9.59 Å². The average molecular weight is 367 g/mol. The van der Waals surface area contributed by atoms with Gasteiger partial charge in [-0.3, -0.25) is 9.59 Å². The Morgan fingerprint density at radius 1 is 1.17 bits per heavy atom. The monoisotopic (exact) mass is 366 g/mol. The lowest BCUT2D eigenvalue weighted by Gasteiger charge is -2.15. The van der Waals surface area contributed by atoms with Crippen LogP contribution in [0.25, 0.3) is 0 Å². The summed E-state index contributed by atoms with van der Waals surface area (Å²) in [6.45, 7) is 1.58. The first-order valence-electron chi connectivity index (χ1n) is 7.14. The molecule has 0 saturated carbocycles. The van der Waals surface area contributed by atoms with Crippen molar-refractivity contribution in [2.75, 3.05) is 6.61 Å². The van der Waals surface area contributed by atoms with Gasteiger partial charge >= 0.3 is 0 Å². The van der Waals surface area contributed by atoms with Gasteiger partial charge in [-0.05, 0) is 42.8 Å². The van der Waals surface area contributed by atoms with E-state index in [2.05, 4.69) is 5.32 Å². The summed E-state index contributed by atoms with van der Waals surface area (Å²) in [4.78, 5) is 23.4. The molecule has 1 atom stereocenters. The molecule has 126 valence electrons. The molecule has 0 aliphatic carbocycles. The van der Waals surface area contributed by atoms with E-state index in [0.29, 0.717) is 10.0 Å². The maximum Gasteiger partial charge on any atom is 0.258 e. The molecule has 5 nitrogen and oxygen atoms in total. The number of carbonyl (C=O) groups excluding carboxylic acids is 2. The van der Waals surface area contributed by atoms with E-state index in [-0.39, 0.29) is 29.9 Å². The van der Waals surface area contributed by atoms with Crippen LogP contribution in [0.1, 0.15) is 28.9 Å². The smallest absolute Gasteiger partial charge is 0.258 e. The molecular formula is C17H16Cl2N2O3. The Bertz CT molecular complexity index is 765. The minimum atomic E-state index is -0.680. The molecule has 0 unspecified atom stereocenters. The van der Waals surface area contributed by atoms with Crippen molar-refractivity contribution in [3.63, 3.8) is 0 Å². The van der Waals surface area contributed by atoms with Crippen molar-refractivity contribution in [1.82, 2.24) is 5.32 Å². The molecule has 0 spiro atoms. The van der Waals surface area contributed by atoms with Crippen LogP contribution in [0.3, 0.4) is 0 Å². The molecule has 0 bridgehead atoms. The number of amides is 2. The van der Waals surface area contributed by atoms with Gasteiger partial charge in [0, 0.05) is 10.0 Å². The summed E-state index contributed by atoms with van der Waals surface area (Å²) < 4.78 is 5.38.